The van der Waals surface area contributed by atoms with Crippen molar-refractivity contribution in [3.8, 4) is 0 Å². The van der Waals surface area contributed by atoms with Crippen LogP contribution in [0.5, 0.6) is 0 Å². The molecule has 1 heterocycles. The summed E-state index contributed by atoms with van der Waals surface area (Å²) in [5.41, 5.74) is 8.99. The minimum atomic E-state index is 0.702. The fourth-order valence-electron chi connectivity index (χ4n) is 2.88. The second-order valence-electron chi connectivity index (χ2n) is 5.09. The van der Waals surface area contributed by atoms with E-state index in [1.54, 1.807) is 11.3 Å². The van der Waals surface area contributed by atoms with Gasteiger partial charge >= 0.3 is 0 Å². The highest BCUT2D eigenvalue weighted by atomic mass is 32.1. The SMILES string of the molecule is Cc1ncsc1CCN(C)C1CCCC1CN. The summed E-state index contributed by atoms with van der Waals surface area (Å²) in [5, 5.41) is 0. The second kappa shape index (κ2) is 5.94. The average Bonchev–Trinajstić information content (AvgIpc) is 2.94. The Morgan fingerprint density at radius 1 is 1.53 bits per heavy atom. The lowest BCUT2D eigenvalue weighted by molar-refractivity contribution is 0.203. The predicted molar refractivity (Wildman–Crippen MR) is 73.4 cm³/mol. The maximum Gasteiger partial charge on any atom is 0.0797 e. The normalized spacial score (nSPS) is 24.7. The molecule has 0 bridgehead atoms. The van der Waals surface area contributed by atoms with Gasteiger partial charge in [-0.05, 0) is 45.7 Å². The van der Waals surface area contributed by atoms with Crippen molar-refractivity contribution in [2.45, 2.75) is 38.6 Å². The molecule has 1 aliphatic carbocycles. The lowest BCUT2D eigenvalue weighted by Gasteiger charge is -2.28. The minimum absolute atomic E-state index is 0.702. The van der Waals surface area contributed by atoms with Crippen molar-refractivity contribution in [2.24, 2.45) is 11.7 Å². The zero-order chi connectivity index (χ0) is 12.3. The quantitative estimate of drug-likeness (QED) is 0.873. The molecule has 2 rings (SSSR count). The third kappa shape index (κ3) is 3.06. The summed E-state index contributed by atoms with van der Waals surface area (Å²) >= 11 is 1.78. The first-order valence-corrected chi connectivity index (χ1v) is 7.39. The van der Waals surface area contributed by atoms with Gasteiger partial charge in [0.2, 0.25) is 0 Å². The summed E-state index contributed by atoms with van der Waals surface area (Å²) in [7, 11) is 2.25. The zero-order valence-electron chi connectivity index (χ0n) is 10.9. The number of aromatic nitrogens is 1. The first-order valence-electron chi connectivity index (χ1n) is 6.51. The van der Waals surface area contributed by atoms with E-state index >= 15 is 0 Å². The number of aryl methyl sites for hydroxylation is 1. The Morgan fingerprint density at radius 2 is 2.35 bits per heavy atom. The number of rotatable bonds is 5. The maximum absolute atomic E-state index is 5.84. The van der Waals surface area contributed by atoms with Crippen LogP contribution in [0.4, 0.5) is 0 Å². The molecule has 96 valence electrons. The monoisotopic (exact) mass is 253 g/mol. The Balaban J connectivity index is 1.85. The van der Waals surface area contributed by atoms with E-state index in [4.69, 9.17) is 5.73 Å². The van der Waals surface area contributed by atoms with Crippen LogP contribution in [-0.4, -0.2) is 36.1 Å². The van der Waals surface area contributed by atoms with Gasteiger partial charge in [0.15, 0.2) is 0 Å². The molecule has 2 N–H and O–H groups in total. The standard InChI is InChI=1S/C13H23N3S/c1-10-13(17-9-15-10)6-7-16(2)12-5-3-4-11(12)8-14/h9,11-12H,3-8,14H2,1-2H3. The molecule has 0 spiro atoms. The molecule has 0 radical (unpaired) electrons. The minimum Gasteiger partial charge on any atom is -0.330 e. The van der Waals surface area contributed by atoms with Crippen molar-refractivity contribution in [3.63, 3.8) is 0 Å². The van der Waals surface area contributed by atoms with Crippen LogP contribution in [0.25, 0.3) is 0 Å². The Kier molecular flexibility index (Phi) is 4.54. The van der Waals surface area contributed by atoms with E-state index in [-0.39, 0.29) is 0 Å². The van der Waals surface area contributed by atoms with Gasteiger partial charge < -0.3 is 10.6 Å². The van der Waals surface area contributed by atoms with Crippen molar-refractivity contribution in [1.82, 2.24) is 9.88 Å². The van der Waals surface area contributed by atoms with Gasteiger partial charge in [-0.1, -0.05) is 6.42 Å². The van der Waals surface area contributed by atoms with Crippen molar-refractivity contribution < 1.29 is 0 Å². The maximum atomic E-state index is 5.84. The summed E-state index contributed by atoms with van der Waals surface area (Å²) < 4.78 is 0. The predicted octanol–water partition coefficient (Wildman–Crippen LogP) is 2.05. The second-order valence-corrected chi connectivity index (χ2v) is 6.02. The van der Waals surface area contributed by atoms with E-state index in [2.05, 4.69) is 23.9 Å². The van der Waals surface area contributed by atoms with Crippen LogP contribution in [0.2, 0.25) is 0 Å². The average molecular weight is 253 g/mol. The molecule has 0 amide bonds. The van der Waals surface area contributed by atoms with Crippen LogP contribution in [-0.2, 0) is 6.42 Å². The van der Waals surface area contributed by atoms with Gasteiger partial charge in [0.1, 0.15) is 0 Å². The van der Waals surface area contributed by atoms with E-state index in [0.29, 0.717) is 12.0 Å². The van der Waals surface area contributed by atoms with Crippen LogP contribution < -0.4 is 5.73 Å². The lowest BCUT2D eigenvalue weighted by atomic mass is 10.0. The fraction of sp³-hybridized carbons (Fsp3) is 0.769. The molecule has 0 aromatic carbocycles. The smallest absolute Gasteiger partial charge is 0.0797 e. The molecule has 1 saturated carbocycles. The van der Waals surface area contributed by atoms with Crippen LogP contribution in [0.3, 0.4) is 0 Å². The first kappa shape index (κ1) is 13.0. The van der Waals surface area contributed by atoms with Gasteiger partial charge in [-0.15, -0.1) is 11.3 Å². The Morgan fingerprint density at radius 3 is 3.00 bits per heavy atom. The number of likely N-dealkylation sites (N-methyl/N-ethyl adjacent to an activating group) is 1. The van der Waals surface area contributed by atoms with E-state index in [1.807, 2.05) is 5.51 Å². The topological polar surface area (TPSA) is 42.2 Å². The largest absolute Gasteiger partial charge is 0.330 e. The summed E-state index contributed by atoms with van der Waals surface area (Å²) in [4.78, 5) is 8.24. The molecule has 1 aromatic rings. The number of nitrogens with two attached hydrogens (primary N) is 1. The molecule has 0 aliphatic heterocycles. The summed E-state index contributed by atoms with van der Waals surface area (Å²) in [5.74, 6) is 0.711. The molecule has 2 atom stereocenters. The molecular formula is C13H23N3S. The van der Waals surface area contributed by atoms with E-state index in [9.17, 15) is 0 Å². The summed E-state index contributed by atoms with van der Waals surface area (Å²) in [6.07, 6.45) is 5.10. The van der Waals surface area contributed by atoms with Gasteiger partial charge in [0, 0.05) is 17.5 Å². The molecule has 3 nitrogen and oxygen atoms in total. The molecule has 0 saturated heterocycles. The van der Waals surface area contributed by atoms with Gasteiger partial charge in [0.25, 0.3) is 0 Å². The Bertz CT molecular complexity index is 350. The van der Waals surface area contributed by atoms with Gasteiger partial charge in [-0.2, -0.15) is 0 Å². The molecule has 2 unspecified atom stereocenters. The Labute approximate surface area is 108 Å². The number of thiazole rings is 1. The van der Waals surface area contributed by atoms with Gasteiger partial charge in [0.05, 0.1) is 11.2 Å². The van der Waals surface area contributed by atoms with Crippen molar-refractivity contribution >= 4 is 11.3 Å². The van der Waals surface area contributed by atoms with Gasteiger partial charge in [-0.3, -0.25) is 0 Å². The highest BCUT2D eigenvalue weighted by Gasteiger charge is 2.28. The highest BCUT2D eigenvalue weighted by molar-refractivity contribution is 7.09. The van der Waals surface area contributed by atoms with Crippen molar-refractivity contribution in [1.29, 1.82) is 0 Å². The highest BCUT2D eigenvalue weighted by Crippen LogP contribution is 2.28. The number of hydrogen-bond acceptors (Lipinski definition) is 4. The van der Waals surface area contributed by atoms with E-state index in [1.165, 1.54) is 29.8 Å². The van der Waals surface area contributed by atoms with Crippen LogP contribution in [0, 0.1) is 12.8 Å². The fourth-order valence-corrected chi connectivity index (χ4v) is 3.65. The van der Waals surface area contributed by atoms with Crippen molar-refractivity contribution in [2.75, 3.05) is 20.1 Å². The summed E-state index contributed by atoms with van der Waals surface area (Å²) in [6.45, 7) is 4.07. The first-order chi connectivity index (χ1) is 8.22. The van der Waals surface area contributed by atoms with Crippen LogP contribution in [0.1, 0.15) is 29.8 Å². The number of hydrogen-bond donors (Lipinski definition) is 1. The molecule has 1 aliphatic rings. The molecule has 1 aromatic heterocycles. The molecule has 17 heavy (non-hydrogen) atoms. The summed E-state index contributed by atoms with van der Waals surface area (Å²) in [6, 6.07) is 0.702. The van der Waals surface area contributed by atoms with E-state index in [0.717, 1.165) is 19.5 Å². The van der Waals surface area contributed by atoms with Crippen LogP contribution >= 0.6 is 11.3 Å². The molecule has 4 heteroatoms. The van der Waals surface area contributed by atoms with Gasteiger partial charge in [-0.25, -0.2) is 4.98 Å². The van der Waals surface area contributed by atoms with Crippen LogP contribution in [0.15, 0.2) is 5.51 Å². The van der Waals surface area contributed by atoms with E-state index < -0.39 is 0 Å². The third-order valence-electron chi connectivity index (χ3n) is 4.02. The lowest BCUT2D eigenvalue weighted by Crippen LogP contribution is -2.38. The zero-order valence-corrected chi connectivity index (χ0v) is 11.7. The third-order valence-corrected chi connectivity index (χ3v) is 5.02. The molecular weight excluding hydrogens is 230 g/mol. The number of nitrogens with zero attached hydrogens (tertiary/aromatic N) is 2. The Hall–Kier alpha value is -0.450. The van der Waals surface area contributed by atoms with Crippen molar-refractivity contribution in [3.05, 3.63) is 16.1 Å². The molecule has 1 fully saturated rings.